The molecule has 3 rings (SSSR count). The Hall–Kier alpha value is -2.79. The van der Waals surface area contributed by atoms with Crippen LogP contribution in [0.25, 0.3) is 11.1 Å². The monoisotopic (exact) mass is 372 g/mol. The van der Waals surface area contributed by atoms with Crippen LogP contribution in [0.5, 0.6) is 0 Å². The maximum Gasteiger partial charge on any atom is 0.262 e. The minimum atomic E-state index is -0.928. The summed E-state index contributed by atoms with van der Waals surface area (Å²) in [6.45, 7) is 3.80. The Balaban J connectivity index is 1.91. The van der Waals surface area contributed by atoms with E-state index in [1.54, 1.807) is 12.3 Å². The Labute approximate surface area is 154 Å². The molecule has 26 heavy (non-hydrogen) atoms. The van der Waals surface area contributed by atoms with Crippen LogP contribution in [0.4, 0.5) is 14.6 Å². The third kappa shape index (κ3) is 3.58. The second-order valence-corrected chi connectivity index (χ2v) is 6.33. The van der Waals surface area contributed by atoms with Crippen LogP contribution in [0.15, 0.2) is 48.7 Å². The Bertz CT molecular complexity index is 985. The quantitative estimate of drug-likeness (QED) is 0.655. The van der Waals surface area contributed by atoms with E-state index in [2.05, 4.69) is 10.3 Å². The molecule has 0 atom stereocenters. The van der Waals surface area contributed by atoms with Gasteiger partial charge in [-0.25, -0.2) is 13.8 Å². The van der Waals surface area contributed by atoms with Gasteiger partial charge in [0.1, 0.15) is 23.0 Å². The van der Waals surface area contributed by atoms with E-state index >= 15 is 0 Å². The lowest BCUT2D eigenvalue weighted by Crippen LogP contribution is -2.16. The van der Waals surface area contributed by atoms with Crippen LogP contribution in [0, 0.1) is 25.5 Å². The van der Waals surface area contributed by atoms with E-state index < -0.39 is 23.1 Å². The fraction of sp³-hybridized carbons (Fsp3) is 0.100. The van der Waals surface area contributed by atoms with Crippen LogP contribution in [0.3, 0.4) is 0 Å². The summed E-state index contributed by atoms with van der Waals surface area (Å²) in [5, 5.41) is 3.01. The van der Waals surface area contributed by atoms with Gasteiger partial charge >= 0.3 is 0 Å². The van der Waals surface area contributed by atoms with Crippen molar-refractivity contribution >= 4 is 23.3 Å². The third-order valence-corrected chi connectivity index (χ3v) is 4.28. The first-order valence-electron chi connectivity index (χ1n) is 7.85. The molecule has 1 amide bonds. The molecule has 132 valence electrons. The van der Waals surface area contributed by atoms with E-state index in [1.165, 1.54) is 6.07 Å². The fourth-order valence-electron chi connectivity index (χ4n) is 2.65. The molecule has 1 aromatic heterocycles. The zero-order valence-corrected chi connectivity index (χ0v) is 14.9. The molecule has 3 aromatic rings. The largest absolute Gasteiger partial charge is 0.306 e. The molecule has 0 aliphatic rings. The first kappa shape index (κ1) is 18.0. The third-order valence-electron chi connectivity index (χ3n) is 3.95. The number of halogens is 3. The van der Waals surface area contributed by atoms with E-state index in [9.17, 15) is 13.6 Å². The molecule has 0 aliphatic heterocycles. The SMILES string of the molecule is Cc1ccc(Cl)c(-c2cnc(NC(=O)c3c(F)cccc3F)cc2C)c1. The number of hydrogen-bond donors (Lipinski definition) is 1. The minimum absolute atomic E-state index is 0.197. The summed E-state index contributed by atoms with van der Waals surface area (Å²) in [6.07, 6.45) is 1.57. The van der Waals surface area contributed by atoms with Crippen molar-refractivity contribution in [3.63, 3.8) is 0 Å². The van der Waals surface area contributed by atoms with Crippen LogP contribution < -0.4 is 5.32 Å². The maximum atomic E-state index is 13.7. The molecule has 0 saturated heterocycles. The lowest BCUT2D eigenvalue weighted by molar-refractivity contribution is 0.101. The minimum Gasteiger partial charge on any atom is -0.306 e. The second kappa shape index (κ2) is 7.22. The summed E-state index contributed by atoms with van der Waals surface area (Å²) in [4.78, 5) is 16.3. The molecule has 0 fully saturated rings. The predicted molar refractivity (Wildman–Crippen MR) is 98.5 cm³/mol. The summed E-state index contributed by atoms with van der Waals surface area (Å²) >= 11 is 6.26. The number of carbonyl (C=O) groups excluding carboxylic acids is 1. The van der Waals surface area contributed by atoms with Crippen LogP contribution in [0.2, 0.25) is 5.02 Å². The van der Waals surface area contributed by atoms with Crippen LogP contribution in [0.1, 0.15) is 21.5 Å². The molecule has 0 aliphatic carbocycles. The van der Waals surface area contributed by atoms with Gasteiger partial charge in [0.15, 0.2) is 0 Å². The van der Waals surface area contributed by atoms with Crippen LogP contribution in [-0.2, 0) is 0 Å². The van der Waals surface area contributed by atoms with Gasteiger partial charge in [-0.2, -0.15) is 0 Å². The molecule has 1 heterocycles. The lowest BCUT2D eigenvalue weighted by atomic mass is 10.0. The predicted octanol–water partition coefficient (Wildman–Crippen LogP) is 5.55. The van der Waals surface area contributed by atoms with Crippen molar-refractivity contribution in [2.24, 2.45) is 0 Å². The van der Waals surface area contributed by atoms with E-state index in [-0.39, 0.29) is 5.82 Å². The van der Waals surface area contributed by atoms with Crippen molar-refractivity contribution in [1.29, 1.82) is 0 Å². The molecule has 2 aromatic carbocycles. The number of amides is 1. The smallest absolute Gasteiger partial charge is 0.262 e. The van der Waals surface area contributed by atoms with Gasteiger partial charge in [0, 0.05) is 22.3 Å². The van der Waals surface area contributed by atoms with Crippen molar-refractivity contribution in [2.75, 3.05) is 5.32 Å². The summed E-state index contributed by atoms with van der Waals surface area (Å²) < 4.78 is 27.4. The zero-order chi connectivity index (χ0) is 18.8. The molecule has 3 nitrogen and oxygen atoms in total. The standard InChI is InChI=1S/C20H15ClF2N2O/c1-11-6-7-15(21)13(8-11)14-10-24-18(9-12(14)2)25-20(26)19-16(22)4-3-5-17(19)23/h3-10H,1-2H3,(H,24,25,26). The van der Waals surface area contributed by atoms with Crippen LogP contribution >= 0.6 is 11.6 Å². The number of carbonyl (C=O) groups is 1. The number of hydrogen-bond acceptors (Lipinski definition) is 2. The van der Waals surface area contributed by atoms with Gasteiger partial charge in [-0.05, 0) is 49.7 Å². The molecule has 0 bridgehead atoms. The molecule has 0 spiro atoms. The van der Waals surface area contributed by atoms with Crippen molar-refractivity contribution in [3.05, 3.63) is 82.0 Å². The molecule has 0 radical (unpaired) electrons. The Kier molecular flexibility index (Phi) is 5.00. The van der Waals surface area contributed by atoms with E-state index in [1.807, 2.05) is 32.0 Å². The number of anilines is 1. The Morgan fingerprint density at radius 2 is 1.73 bits per heavy atom. The number of rotatable bonds is 3. The summed E-state index contributed by atoms with van der Waals surface area (Å²) in [5.74, 6) is -2.55. The number of benzene rings is 2. The Morgan fingerprint density at radius 1 is 1.04 bits per heavy atom. The van der Waals surface area contributed by atoms with Gasteiger partial charge in [-0.15, -0.1) is 0 Å². The number of nitrogens with one attached hydrogen (secondary N) is 1. The summed E-state index contributed by atoms with van der Waals surface area (Å²) in [7, 11) is 0. The normalized spacial score (nSPS) is 10.7. The highest BCUT2D eigenvalue weighted by Gasteiger charge is 2.18. The molecular weight excluding hydrogens is 358 g/mol. The van der Waals surface area contributed by atoms with Gasteiger partial charge in [0.2, 0.25) is 0 Å². The highest BCUT2D eigenvalue weighted by Crippen LogP contribution is 2.31. The van der Waals surface area contributed by atoms with Crippen molar-refractivity contribution in [3.8, 4) is 11.1 Å². The maximum absolute atomic E-state index is 13.7. The first-order chi connectivity index (χ1) is 12.4. The van der Waals surface area contributed by atoms with E-state index in [0.29, 0.717) is 5.02 Å². The average molecular weight is 373 g/mol. The number of aryl methyl sites for hydroxylation is 2. The van der Waals surface area contributed by atoms with Gasteiger partial charge in [-0.1, -0.05) is 29.3 Å². The van der Waals surface area contributed by atoms with Crippen molar-refractivity contribution in [1.82, 2.24) is 4.98 Å². The van der Waals surface area contributed by atoms with Crippen LogP contribution in [-0.4, -0.2) is 10.9 Å². The highest BCUT2D eigenvalue weighted by molar-refractivity contribution is 6.33. The molecular formula is C20H15ClF2N2O. The average Bonchev–Trinajstić information content (AvgIpc) is 2.57. The fourth-order valence-corrected chi connectivity index (χ4v) is 2.86. The number of nitrogens with zero attached hydrogens (tertiary/aromatic N) is 1. The molecule has 1 N–H and O–H groups in total. The summed E-state index contributed by atoms with van der Waals surface area (Å²) in [6, 6.07) is 10.5. The number of aromatic nitrogens is 1. The second-order valence-electron chi connectivity index (χ2n) is 5.92. The molecule has 0 unspecified atom stereocenters. The van der Waals surface area contributed by atoms with Gasteiger partial charge in [0.05, 0.1) is 0 Å². The highest BCUT2D eigenvalue weighted by atomic mass is 35.5. The van der Waals surface area contributed by atoms with E-state index in [0.717, 1.165) is 34.4 Å². The molecule has 6 heteroatoms. The van der Waals surface area contributed by atoms with Crippen molar-refractivity contribution in [2.45, 2.75) is 13.8 Å². The molecule has 0 saturated carbocycles. The summed E-state index contributed by atoms with van der Waals surface area (Å²) in [5.41, 5.74) is 2.87. The number of pyridine rings is 1. The van der Waals surface area contributed by atoms with Gasteiger partial charge in [-0.3, -0.25) is 4.79 Å². The van der Waals surface area contributed by atoms with Gasteiger partial charge < -0.3 is 5.32 Å². The van der Waals surface area contributed by atoms with Crippen molar-refractivity contribution < 1.29 is 13.6 Å². The Morgan fingerprint density at radius 3 is 2.38 bits per heavy atom. The lowest BCUT2D eigenvalue weighted by Gasteiger charge is -2.11. The van der Waals surface area contributed by atoms with Gasteiger partial charge in [0.25, 0.3) is 5.91 Å². The zero-order valence-electron chi connectivity index (χ0n) is 14.1. The first-order valence-corrected chi connectivity index (χ1v) is 8.23. The van der Waals surface area contributed by atoms with E-state index in [4.69, 9.17) is 11.6 Å². The topological polar surface area (TPSA) is 42.0 Å².